The molecule has 1 fully saturated rings. The minimum absolute atomic E-state index is 0.276. The Morgan fingerprint density at radius 3 is 2.50 bits per heavy atom. The lowest BCUT2D eigenvalue weighted by atomic mass is 9.91. The molecule has 0 bridgehead atoms. The summed E-state index contributed by atoms with van der Waals surface area (Å²) in [5, 5.41) is 11.0. The Balaban J connectivity index is 2.15. The summed E-state index contributed by atoms with van der Waals surface area (Å²) in [5.41, 5.74) is 1.82. The molecule has 1 aliphatic heterocycles. The maximum Gasteiger partial charge on any atom is 0.320 e. The molecule has 0 aliphatic carbocycles. The lowest BCUT2D eigenvalue weighted by Gasteiger charge is -2.40. The van der Waals surface area contributed by atoms with E-state index in [2.05, 4.69) is 0 Å². The summed E-state index contributed by atoms with van der Waals surface area (Å²) in [6.07, 6.45) is 2.49. The molecule has 0 aromatic heterocycles. The highest BCUT2D eigenvalue weighted by atomic mass is 35.5. The monoisotopic (exact) mass is 393 g/mol. The molecule has 2 aromatic rings. The van der Waals surface area contributed by atoms with Crippen LogP contribution in [0.1, 0.15) is 36.4 Å². The minimum Gasteiger partial charge on any atom is -0.496 e. The largest absolute Gasteiger partial charge is 0.496 e. The number of ether oxygens (including phenoxy) is 1. The number of carboxylic acids is 1. The first-order valence-electron chi connectivity index (χ1n) is 8.58. The zero-order chi connectivity index (χ0) is 18.7. The minimum atomic E-state index is -0.801. The molecule has 2 aromatic carbocycles. The average molecular weight is 394 g/mol. The van der Waals surface area contributed by atoms with Gasteiger partial charge in [-0.3, -0.25) is 9.69 Å². The first-order chi connectivity index (χ1) is 12.5. The molecule has 0 radical (unpaired) electrons. The molecule has 26 heavy (non-hydrogen) atoms. The number of methoxy groups -OCH3 is 1. The van der Waals surface area contributed by atoms with Gasteiger partial charge in [0, 0.05) is 15.6 Å². The van der Waals surface area contributed by atoms with Crippen molar-refractivity contribution in [2.24, 2.45) is 0 Å². The highest BCUT2D eigenvalue weighted by Gasteiger charge is 2.36. The Kier molecular flexibility index (Phi) is 6.07. The second-order valence-electron chi connectivity index (χ2n) is 6.43. The van der Waals surface area contributed by atoms with Crippen molar-refractivity contribution in [3.63, 3.8) is 0 Å². The number of piperidine rings is 1. The van der Waals surface area contributed by atoms with Crippen molar-refractivity contribution in [1.82, 2.24) is 4.90 Å². The third kappa shape index (κ3) is 3.98. The second-order valence-corrected chi connectivity index (χ2v) is 7.30. The van der Waals surface area contributed by atoms with E-state index < -0.39 is 12.0 Å². The Morgan fingerprint density at radius 2 is 1.85 bits per heavy atom. The number of halogens is 2. The highest BCUT2D eigenvalue weighted by molar-refractivity contribution is 6.31. The number of rotatable bonds is 5. The smallest absolute Gasteiger partial charge is 0.320 e. The molecule has 1 saturated heterocycles. The summed E-state index contributed by atoms with van der Waals surface area (Å²) >= 11 is 12.3. The summed E-state index contributed by atoms with van der Waals surface area (Å²) in [6, 6.07) is 12.1. The van der Waals surface area contributed by atoms with Gasteiger partial charge in [0.05, 0.1) is 13.2 Å². The van der Waals surface area contributed by atoms with E-state index in [0.29, 0.717) is 28.8 Å². The van der Waals surface area contributed by atoms with E-state index in [1.807, 2.05) is 41.3 Å². The predicted molar refractivity (Wildman–Crippen MR) is 103 cm³/mol. The second kappa shape index (κ2) is 8.30. The molecule has 2 atom stereocenters. The van der Waals surface area contributed by atoms with E-state index in [9.17, 15) is 9.90 Å². The number of benzene rings is 2. The number of likely N-dealkylation sites (tertiary alicyclic amines) is 1. The van der Waals surface area contributed by atoms with Crippen LogP contribution in [-0.4, -0.2) is 35.7 Å². The molecule has 1 N–H and O–H groups in total. The van der Waals surface area contributed by atoms with Crippen LogP contribution in [0.15, 0.2) is 42.5 Å². The summed E-state index contributed by atoms with van der Waals surface area (Å²) < 4.78 is 5.55. The normalized spacial score (nSPS) is 19.1. The van der Waals surface area contributed by atoms with Crippen molar-refractivity contribution < 1.29 is 14.6 Å². The van der Waals surface area contributed by atoms with Gasteiger partial charge in [0.1, 0.15) is 11.8 Å². The van der Waals surface area contributed by atoms with E-state index in [1.165, 1.54) is 0 Å². The molecule has 1 aliphatic rings. The summed E-state index contributed by atoms with van der Waals surface area (Å²) in [4.78, 5) is 13.9. The molecule has 2 unspecified atom stereocenters. The Morgan fingerprint density at radius 1 is 1.15 bits per heavy atom. The first kappa shape index (κ1) is 19.0. The zero-order valence-electron chi connectivity index (χ0n) is 14.5. The number of hydrogen-bond donors (Lipinski definition) is 1. The third-order valence-electron chi connectivity index (χ3n) is 4.83. The quantitative estimate of drug-likeness (QED) is 0.773. The van der Waals surface area contributed by atoms with Crippen molar-refractivity contribution in [2.75, 3.05) is 13.7 Å². The fraction of sp³-hybridized carbons (Fsp3) is 0.350. The molecule has 4 nitrogen and oxygen atoms in total. The first-order valence-corrected chi connectivity index (χ1v) is 9.34. The van der Waals surface area contributed by atoms with Gasteiger partial charge in [0.25, 0.3) is 0 Å². The van der Waals surface area contributed by atoms with E-state index in [1.54, 1.807) is 13.2 Å². The van der Waals surface area contributed by atoms with E-state index >= 15 is 0 Å². The molecule has 1 heterocycles. The van der Waals surface area contributed by atoms with Gasteiger partial charge in [-0.2, -0.15) is 0 Å². The van der Waals surface area contributed by atoms with Crippen molar-refractivity contribution in [1.29, 1.82) is 0 Å². The number of aliphatic carboxylic acids is 1. The van der Waals surface area contributed by atoms with Crippen LogP contribution in [0.5, 0.6) is 5.75 Å². The van der Waals surface area contributed by atoms with Gasteiger partial charge < -0.3 is 9.84 Å². The maximum absolute atomic E-state index is 11.9. The van der Waals surface area contributed by atoms with E-state index in [0.717, 1.165) is 24.0 Å². The summed E-state index contributed by atoms with van der Waals surface area (Å²) in [6.45, 7) is 0.694. The highest BCUT2D eigenvalue weighted by Crippen LogP contribution is 2.39. The maximum atomic E-state index is 11.9. The molecule has 0 spiro atoms. The van der Waals surface area contributed by atoms with Gasteiger partial charge in [-0.1, -0.05) is 41.8 Å². The van der Waals surface area contributed by atoms with Crippen molar-refractivity contribution in [3.8, 4) is 5.75 Å². The van der Waals surface area contributed by atoms with Gasteiger partial charge in [-0.25, -0.2) is 0 Å². The van der Waals surface area contributed by atoms with Gasteiger partial charge in [-0.15, -0.1) is 0 Å². The summed E-state index contributed by atoms with van der Waals surface area (Å²) in [5.74, 6) is -0.117. The van der Waals surface area contributed by atoms with Crippen molar-refractivity contribution in [2.45, 2.75) is 31.3 Å². The molecular formula is C20H21Cl2NO3. The van der Waals surface area contributed by atoms with Gasteiger partial charge in [-0.05, 0) is 55.3 Å². The van der Waals surface area contributed by atoms with Gasteiger partial charge >= 0.3 is 5.97 Å². The summed E-state index contributed by atoms with van der Waals surface area (Å²) in [7, 11) is 1.61. The zero-order valence-corrected chi connectivity index (χ0v) is 16.0. The molecule has 138 valence electrons. The van der Waals surface area contributed by atoms with Crippen LogP contribution in [0, 0.1) is 0 Å². The number of carbonyl (C=O) groups is 1. The number of hydrogen-bond acceptors (Lipinski definition) is 3. The molecular weight excluding hydrogens is 373 g/mol. The van der Waals surface area contributed by atoms with Crippen molar-refractivity contribution in [3.05, 3.63) is 63.6 Å². The van der Waals surface area contributed by atoms with Crippen LogP contribution in [0.2, 0.25) is 10.0 Å². The molecule has 6 heteroatoms. The SMILES string of the molecule is COc1ccc(Cl)cc1C(c1ccc(Cl)cc1)N1CCCCC1C(=O)O. The average Bonchev–Trinajstić information content (AvgIpc) is 2.64. The van der Waals surface area contributed by atoms with Gasteiger partial charge in [0.15, 0.2) is 0 Å². The van der Waals surface area contributed by atoms with Crippen LogP contribution in [0.3, 0.4) is 0 Å². The fourth-order valence-corrected chi connectivity index (χ4v) is 3.95. The van der Waals surface area contributed by atoms with Crippen LogP contribution in [0.25, 0.3) is 0 Å². The number of nitrogens with zero attached hydrogens (tertiary/aromatic N) is 1. The van der Waals surface area contributed by atoms with Crippen molar-refractivity contribution >= 4 is 29.2 Å². The van der Waals surface area contributed by atoms with Crippen LogP contribution < -0.4 is 4.74 Å². The fourth-order valence-electron chi connectivity index (χ4n) is 3.64. The number of carboxylic acid groups (broad SMARTS) is 1. The lowest BCUT2D eigenvalue weighted by molar-refractivity contribution is -0.145. The van der Waals surface area contributed by atoms with Crippen LogP contribution >= 0.6 is 23.2 Å². The molecule has 0 saturated carbocycles. The van der Waals surface area contributed by atoms with E-state index in [-0.39, 0.29) is 6.04 Å². The third-order valence-corrected chi connectivity index (χ3v) is 5.32. The predicted octanol–water partition coefficient (Wildman–Crippen LogP) is 5.03. The lowest BCUT2D eigenvalue weighted by Crippen LogP contribution is -2.46. The standard InChI is InChI=1S/C20H21Cl2NO3/c1-26-18-10-9-15(22)12-16(18)19(13-5-7-14(21)8-6-13)23-11-3-2-4-17(23)20(24)25/h5-10,12,17,19H,2-4,11H2,1H3,(H,24,25). The Bertz CT molecular complexity index is 779. The van der Waals surface area contributed by atoms with Gasteiger partial charge in [0.2, 0.25) is 0 Å². The molecule has 0 amide bonds. The molecule has 3 rings (SSSR count). The van der Waals surface area contributed by atoms with Crippen LogP contribution in [-0.2, 0) is 4.79 Å². The van der Waals surface area contributed by atoms with Crippen LogP contribution in [0.4, 0.5) is 0 Å². The Labute approximate surface area is 163 Å². The topological polar surface area (TPSA) is 49.8 Å². The van der Waals surface area contributed by atoms with E-state index in [4.69, 9.17) is 27.9 Å². The Hall–Kier alpha value is -1.75.